The van der Waals surface area contributed by atoms with E-state index in [0.717, 1.165) is 33.5 Å². The van der Waals surface area contributed by atoms with Crippen molar-refractivity contribution in [1.29, 1.82) is 21.0 Å². The maximum Gasteiger partial charge on any atom is 0.194 e. The van der Waals surface area contributed by atoms with Crippen LogP contribution in [-0.2, 0) is 10.8 Å². The van der Waals surface area contributed by atoms with Gasteiger partial charge in [-0.2, -0.15) is 21.0 Å². The molecule has 6 heteroatoms. The van der Waals surface area contributed by atoms with Gasteiger partial charge in [0.15, 0.2) is 5.78 Å². The highest BCUT2D eigenvalue weighted by molar-refractivity contribution is 6.28. The fraction of sp³-hybridized carbons (Fsp3) is 0.204. The summed E-state index contributed by atoms with van der Waals surface area (Å²) in [6.45, 7) is 12.8. The Bertz CT molecular complexity index is 2560. The maximum absolute atomic E-state index is 14.6. The van der Waals surface area contributed by atoms with Crippen molar-refractivity contribution in [1.82, 2.24) is 0 Å². The largest absolute Gasteiger partial charge is 0.378 e. The molecule has 0 saturated carbocycles. The standard InChI is InChI=1S/C49H41N5O/c1-48(2,3)35-19-13-30(14-20-35)40-25-41(44(34(28-52)29-53)42(33(26-50)27-51)31-17-23-37(24-18-31)54(7)8)43(32-15-21-36(22-16-32)49(4,5)6)45-38-11-9-10-12-39(38)47(55)46(40)45/h9-25H,1-8H3. The Kier molecular flexibility index (Phi) is 9.91. The number of nitriles is 4. The number of ketones is 1. The average Bonchev–Trinajstić information content (AvgIpc) is 3.47. The van der Waals surface area contributed by atoms with Crippen molar-refractivity contribution in [2.24, 2.45) is 0 Å². The first-order valence-electron chi connectivity index (χ1n) is 18.1. The normalized spacial score (nSPS) is 11.6. The Hall–Kier alpha value is -6.99. The van der Waals surface area contributed by atoms with Crippen molar-refractivity contribution in [3.05, 3.63) is 148 Å². The Morgan fingerprint density at radius 1 is 0.527 bits per heavy atom. The van der Waals surface area contributed by atoms with E-state index in [2.05, 4.69) is 90.1 Å². The van der Waals surface area contributed by atoms with Crippen LogP contribution in [0.1, 0.15) is 79.7 Å². The van der Waals surface area contributed by atoms with Crippen molar-refractivity contribution in [3.8, 4) is 57.7 Å². The molecule has 0 aliphatic heterocycles. The van der Waals surface area contributed by atoms with Crippen molar-refractivity contribution in [2.75, 3.05) is 19.0 Å². The van der Waals surface area contributed by atoms with E-state index in [1.807, 2.05) is 85.7 Å². The van der Waals surface area contributed by atoms with E-state index in [-0.39, 0.29) is 38.9 Å². The quantitative estimate of drug-likeness (QED) is 0.125. The minimum Gasteiger partial charge on any atom is -0.378 e. The molecule has 0 spiro atoms. The Labute approximate surface area is 324 Å². The van der Waals surface area contributed by atoms with Gasteiger partial charge in [-0.25, -0.2) is 0 Å². The number of hydrogen-bond donors (Lipinski definition) is 0. The molecule has 0 N–H and O–H groups in total. The molecule has 5 aromatic carbocycles. The van der Waals surface area contributed by atoms with Crippen LogP contribution in [0.15, 0.2) is 114 Å². The molecule has 55 heavy (non-hydrogen) atoms. The third kappa shape index (κ3) is 6.84. The third-order valence-corrected chi connectivity index (χ3v) is 10.2. The molecule has 0 fully saturated rings. The predicted molar refractivity (Wildman–Crippen MR) is 221 cm³/mol. The molecular formula is C49H41N5O. The van der Waals surface area contributed by atoms with E-state index in [0.29, 0.717) is 38.9 Å². The molecule has 0 heterocycles. The highest BCUT2D eigenvalue weighted by atomic mass is 16.1. The number of allylic oxidation sites excluding steroid dienone is 4. The van der Waals surface area contributed by atoms with Crippen LogP contribution >= 0.6 is 0 Å². The summed E-state index contributed by atoms with van der Waals surface area (Å²) in [4.78, 5) is 16.6. The first kappa shape index (κ1) is 37.8. The van der Waals surface area contributed by atoms with Gasteiger partial charge in [-0.15, -0.1) is 0 Å². The van der Waals surface area contributed by atoms with E-state index in [9.17, 15) is 25.8 Å². The lowest BCUT2D eigenvalue weighted by Crippen LogP contribution is -2.11. The molecule has 1 aliphatic rings. The smallest absolute Gasteiger partial charge is 0.194 e. The van der Waals surface area contributed by atoms with Crippen LogP contribution in [0.4, 0.5) is 5.69 Å². The summed E-state index contributed by atoms with van der Waals surface area (Å²) >= 11 is 0. The second kappa shape index (κ2) is 14.4. The summed E-state index contributed by atoms with van der Waals surface area (Å²) in [5.74, 6) is -0.129. The van der Waals surface area contributed by atoms with E-state index < -0.39 is 0 Å². The van der Waals surface area contributed by atoms with Crippen LogP contribution < -0.4 is 4.90 Å². The van der Waals surface area contributed by atoms with Crippen LogP contribution in [0, 0.1) is 45.3 Å². The van der Waals surface area contributed by atoms with E-state index >= 15 is 0 Å². The van der Waals surface area contributed by atoms with Gasteiger partial charge in [0.25, 0.3) is 0 Å². The molecule has 6 nitrogen and oxygen atoms in total. The van der Waals surface area contributed by atoms with Crippen LogP contribution in [0.25, 0.3) is 44.5 Å². The topological polar surface area (TPSA) is 115 Å². The summed E-state index contributed by atoms with van der Waals surface area (Å²) in [6.07, 6.45) is 0. The summed E-state index contributed by atoms with van der Waals surface area (Å²) in [5, 5.41) is 42.4. The Morgan fingerprint density at radius 3 is 1.47 bits per heavy atom. The van der Waals surface area contributed by atoms with Gasteiger partial charge < -0.3 is 4.90 Å². The molecule has 5 aromatic rings. The van der Waals surface area contributed by atoms with Crippen molar-refractivity contribution >= 4 is 22.6 Å². The lowest BCUT2D eigenvalue weighted by atomic mass is 9.77. The summed E-state index contributed by atoms with van der Waals surface area (Å²) in [7, 11) is 3.82. The molecule has 6 rings (SSSR count). The molecule has 0 radical (unpaired) electrons. The van der Waals surface area contributed by atoms with Crippen LogP contribution in [0.5, 0.6) is 0 Å². The Morgan fingerprint density at radius 2 is 1.00 bits per heavy atom. The van der Waals surface area contributed by atoms with E-state index in [1.165, 1.54) is 0 Å². The molecule has 0 amide bonds. The monoisotopic (exact) mass is 715 g/mol. The van der Waals surface area contributed by atoms with Gasteiger partial charge in [-0.05, 0) is 79.1 Å². The summed E-state index contributed by atoms with van der Waals surface area (Å²) in [6, 6.07) is 41.3. The third-order valence-electron chi connectivity index (χ3n) is 10.2. The van der Waals surface area contributed by atoms with Crippen molar-refractivity contribution in [2.45, 2.75) is 52.4 Å². The number of hydrogen-bond acceptors (Lipinski definition) is 6. The zero-order valence-corrected chi connectivity index (χ0v) is 32.5. The number of anilines is 1. The fourth-order valence-corrected chi connectivity index (χ4v) is 7.24. The van der Waals surface area contributed by atoms with Gasteiger partial charge >= 0.3 is 0 Å². The number of fused-ring (bicyclic) bond motifs is 3. The molecule has 0 saturated heterocycles. The molecular weight excluding hydrogens is 675 g/mol. The molecule has 1 aliphatic carbocycles. The van der Waals surface area contributed by atoms with E-state index in [4.69, 9.17) is 0 Å². The highest BCUT2D eigenvalue weighted by Gasteiger charge is 2.36. The Balaban J connectivity index is 1.85. The first-order valence-corrected chi connectivity index (χ1v) is 18.1. The number of rotatable bonds is 6. The average molecular weight is 716 g/mol. The van der Waals surface area contributed by atoms with Gasteiger partial charge in [-0.3, -0.25) is 4.79 Å². The van der Waals surface area contributed by atoms with Crippen molar-refractivity contribution in [3.63, 3.8) is 0 Å². The van der Waals surface area contributed by atoms with Gasteiger partial charge in [0.05, 0.1) is 0 Å². The second-order valence-electron chi connectivity index (χ2n) is 16.0. The predicted octanol–water partition coefficient (Wildman–Crippen LogP) is 11.2. The minimum atomic E-state index is -0.270. The number of carbonyl (C=O) groups excluding carboxylic acids is 1. The number of benzene rings is 5. The van der Waals surface area contributed by atoms with Gasteiger partial charge in [0.2, 0.25) is 0 Å². The fourth-order valence-electron chi connectivity index (χ4n) is 7.24. The van der Waals surface area contributed by atoms with Gasteiger partial charge in [0.1, 0.15) is 35.4 Å². The zero-order chi connectivity index (χ0) is 39.8. The van der Waals surface area contributed by atoms with Gasteiger partial charge in [0, 0.05) is 47.6 Å². The highest BCUT2D eigenvalue weighted by Crippen LogP contribution is 2.52. The van der Waals surface area contributed by atoms with Gasteiger partial charge in [-0.1, -0.05) is 126 Å². The SMILES string of the molecule is CN(C)c1ccc(C(=C(C#N)C#N)C(=C(C#N)C#N)c2cc(-c3ccc(C(C)(C)C)cc3)c3c(c2-c2ccc(C(C)(C)C)cc2)-c2ccccc2C3=O)cc1. The van der Waals surface area contributed by atoms with E-state index in [1.54, 1.807) is 12.1 Å². The van der Waals surface area contributed by atoms with Crippen LogP contribution in [-0.4, -0.2) is 19.9 Å². The molecule has 0 bridgehead atoms. The van der Waals surface area contributed by atoms with Crippen LogP contribution in [0.3, 0.4) is 0 Å². The summed E-state index contributed by atoms with van der Waals surface area (Å²) < 4.78 is 0. The molecule has 0 unspecified atom stereocenters. The second-order valence-corrected chi connectivity index (χ2v) is 16.0. The van der Waals surface area contributed by atoms with Crippen LogP contribution in [0.2, 0.25) is 0 Å². The molecule has 0 aromatic heterocycles. The van der Waals surface area contributed by atoms with Crippen molar-refractivity contribution < 1.29 is 4.79 Å². The number of carbonyl (C=O) groups is 1. The lowest BCUT2D eigenvalue weighted by Gasteiger charge is -2.24. The number of nitrogens with zero attached hydrogens (tertiary/aromatic N) is 5. The molecule has 0 atom stereocenters. The summed E-state index contributed by atoms with van der Waals surface area (Å²) in [5.41, 5.74) is 8.80. The first-order chi connectivity index (χ1) is 26.1. The lowest BCUT2D eigenvalue weighted by molar-refractivity contribution is 0.104. The minimum absolute atomic E-state index is 0.113. The maximum atomic E-state index is 14.6. The molecule has 268 valence electrons. The zero-order valence-electron chi connectivity index (χ0n) is 32.5.